The molecule has 6 nitrogen and oxygen atoms in total. The topological polar surface area (TPSA) is 59.1 Å². The third-order valence-corrected chi connectivity index (χ3v) is 4.84. The molecule has 1 spiro atoms. The highest BCUT2D eigenvalue weighted by atomic mass is 32.1. The number of hydrogen-bond acceptors (Lipinski definition) is 5. The summed E-state index contributed by atoms with van der Waals surface area (Å²) in [6.07, 6.45) is 0.249. The largest absolute Gasteiger partial charge is 0.449 e. The van der Waals surface area contributed by atoms with Crippen LogP contribution in [0, 0.1) is 6.92 Å². The van der Waals surface area contributed by atoms with Crippen LogP contribution in [0.3, 0.4) is 0 Å². The molecule has 0 unspecified atom stereocenters. The Morgan fingerprint density at radius 1 is 1.29 bits per heavy atom. The molecular formula is C17H20N2O4S. The molecule has 2 heterocycles. The second-order valence-electron chi connectivity index (χ2n) is 5.94. The standard InChI is InChI=1S/C17H20N2O4S/c1-3-23-16(21)18-14(20)17(8-10-22-11-9-17)19(15(18)24)13-6-4-12(2)5-7-13/h4-7H,3,8-11H2,1-2H3. The zero-order chi connectivity index (χ0) is 17.3. The Hall–Kier alpha value is -1.99. The monoisotopic (exact) mass is 348 g/mol. The predicted molar refractivity (Wildman–Crippen MR) is 92.9 cm³/mol. The van der Waals surface area contributed by atoms with Crippen molar-refractivity contribution in [1.29, 1.82) is 0 Å². The number of amides is 2. The molecule has 0 atom stereocenters. The molecule has 0 N–H and O–H groups in total. The third-order valence-electron chi connectivity index (χ3n) is 4.47. The van der Waals surface area contributed by atoms with Crippen LogP contribution in [0.1, 0.15) is 25.3 Å². The van der Waals surface area contributed by atoms with Crippen molar-refractivity contribution in [2.45, 2.75) is 32.2 Å². The van der Waals surface area contributed by atoms with Gasteiger partial charge in [-0.2, -0.15) is 4.90 Å². The van der Waals surface area contributed by atoms with Crippen LogP contribution in [0.2, 0.25) is 0 Å². The van der Waals surface area contributed by atoms with E-state index in [1.54, 1.807) is 11.8 Å². The zero-order valence-electron chi connectivity index (χ0n) is 13.8. The molecule has 2 saturated heterocycles. The molecule has 0 aromatic heterocycles. The van der Waals surface area contributed by atoms with Crippen molar-refractivity contribution in [3.8, 4) is 0 Å². The van der Waals surface area contributed by atoms with Gasteiger partial charge in [0, 0.05) is 31.7 Å². The van der Waals surface area contributed by atoms with Crippen LogP contribution in [0.5, 0.6) is 0 Å². The second kappa shape index (κ2) is 6.49. The van der Waals surface area contributed by atoms with Crippen LogP contribution < -0.4 is 4.90 Å². The minimum absolute atomic E-state index is 0.171. The Labute approximate surface area is 146 Å². The molecule has 0 saturated carbocycles. The molecule has 2 fully saturated rings. The van der Waals surface area contributed by atoms with Gasteiger partial charge in [-0.15, -0.1) is 0 Å². The fraction of sp³-hybridized carbons (Fsp3) is 0.471. The lowest BCUT2D eigenvalue weighted by atomic mass is 9.88. The first-order chi connectivity index (χ1) is 11.5. The normalized spacial score (nSPS) is 19.9. The van der Waals surface area contributed by atoms with Gasteiger partial charge in [-0.25, -0.2) is 4.79 Å². The number of carbonyl (C=O) groups is 2. The summed E-state index contributed by atoms with van der Waals surface area (Å²) in [5, 5.41) is 0.171. The van der Waals surface area contributed by atoms with Crippen LogP contribution in [-0.2, 0) is 14.3 Å². The van der Waals surface area contributed by atoms with Gasteiger partial charge in [-0.05, 0) is 38.2 Å². The van der Waals surface area contributed by atoms with Gasteiger partial charge < -0.3 is 14.4 Å². The quantitative estimate of drug-likeness (QED) is 0.766. The van der Waals surface area contributed by atoms with Crippen molar-refractivity contribution >= 4 is 35.0 Å². The summed E-state index contributed by atoms with van der Waals surface area (Å²) in [4.78, 5) is 28.1. The summed E-state index contributed by atoms with van der Waals surface area (Å²) in [6.45, 7) is 4.78. The van der Waals surface area contributed by atoms with Crippen molar-refractivity contribution in [2.24, 2.45) is 0 Å². The highest BCUT2D eigenvalue weighted by Gasteiger charge is 2.58. The lowest BCUT2D eigenvalue weighted by Crippen LogP contribution is -2.53. The maximum atomic E-state index is 13.1. The molecule has 2 amide bonds. The van der Waals surface area contributed by atoms with E-state index in [9.17, 15) is 9.59 Å². The molecule has 1 aromatic rings. The van der Waals surface area contributed by atoms with E-state index in [0.717, 1.165) is 16.2 Å². The number of anilines is 1. The summed E-state index contributed by atoms with van der Waals surface area (Å²) in [5.74, 6) is -0.324. The minimum atomic E-state index is -0.878. The average Bonchev–Trinajstić information content (AvgIpc) is 2.77. The fourth-order valence-electron chi connectivity index (χ4n) is 3.22. The SMILES string of the molecule is CCOC(=O)N1C(=O)C2(CCOCC2)N(c2ccc(C)cc2)C1=S. The number of imide groups is 1. The number of aryl methyl sites for hydroxylation is 1. The fourth-order valence-corrected chi connectivity index (χ4v) is 3.66. The number of rotatable bonds is 2. The molecule has 0 radical (unpaired) electrons. The predicted octanol–water partition coefficient (Wildman–Crippen LogP) is 2.63. The number of ether oxygens (including phenoxy) is 2. The molecule has 24 heavy (non-hydrogen) atoms. The summed E-state index contributed by atoms with van der Waals surface area (Å²) < 4.78 is 10.5. The Kier molecular flexibility index (Phi) is 4.56. The first-order valence-corrected chi connectivity index (χ1v) is 8.42. The van der Waals surface area contributed by atoms with Crippen LogP contribution in [-0.4, -0.2) is 47.4 Å². The van der Waals surface area contributed by atoms with E-state index in [2.05, 4.69) is 0 Å². The lowest BCUT2D eigenvalue weighted by Gasteiger charge is -2.38. The number of benzene rings is 1. The second-order valence-corrected chi connectivity index (χ2v) is 6.30. The molecule has 2 aliphatic rings. The van der Waals surface area contributed by atoms with Gasteiger partial charge in [0.25, 0.3) is 5.91 Å². The smallest absolute Gasteiger partial charge is 0.423 e. The number of thiocarbonyl (C=S) groups is 1. The van der Waals surface area contributed by atoms with Crippen molar-refractivity contribution < 1.29 is 19.1 Å². The summed E-state index contributed by atoms with van der Waals surface area (Å²) in [6, 6.07) is 7.76. The van der Waals surface area contributed by atoms with Crippen molar-refractivity contribution in [3.63, 3.8) is 0 Å². The van der Waals surface area contributed by atoms with Gasteiger partial charge in [-0.3, -0.25) is 4.79 Å². The molecule has 2 aliphatic heterocycles. The number of hydrogen-bond donors (Lipinski definition) is 0. The van der Waals surface area contributed by atoms with Gasteiger partial charge in [-0.1, -0.05) is 17.7 Å². The molecule has 0 bridgehead atoms. The Balaban J connectivity index is 2.06. The van der Waals surface area contributed by atoms with Gasteiger partial charge in [0.2, 0.25) is 0 Å². The maximum absolute atomic E-state index is 13.1. The summed E-state index contributed by atoms with van der Waals surface area (Å²) in [5.41, 5.74) is 1.03. The Morgan fingerprint density at radius 3 is 2.50 bits per heavy atom. The van der Waals surface area contributed by atoms with Crippen molar-refractivity contribution in [2.75, 3.05) is 24.7 Å². The Bertz CT molecular complexity index is 668. The molecule has 3 rings (SSSR count). The molecule has 128 valence electrons. The van der Waals surface area contributed by atoms with E-state index in [0.29, 0.717) is 26.1 Å². The highest BCUT2D eigenvalue weighted by Crippen LogP contribution is 2.40. The van der Waals surface area contributed by atoms with Gasteiger partial charge in [0.15, 0.2) is 5.11 Å². The summed E-state index contributed by atoms with van der Waals surface area (Å²) >= 11 is 5.49. The van der Waals surface area contributed by atoms with E-state index >= 15 is 0 Å². The third kappa shape index (κ3) is 2.57. The van der Waals surface area contributed by atoms with Gasteiger partial charge >= 0.3 is 6.09 Å². The Morgan fingerprint density at radius 2 is 1.92 bits per heavy atom. The van der Waals surface area contributed by atoms with Crippen LogP contribution >= 0.6 is 12.2 Å². The van der Waals surface area contributed by atoms with E-state index in [4.69, 9.17) is 21.7 Å². The van der Waals surface area contributed by atoms with Crippen molar-refractivity contribution in [3.05, 3.63) is 29.8 Å². The average molecular weight is 348 g/mol. The molecule has 0 aliphatic carbocycles. The molecule has 1 aromatic carbocycles. The van der Waals surface area contributed by atoms with E-state index < -0.39 is 11.6 Å². The minimum Gasteiger partial charge on any atom is -0.449 e. The van der Waals surface area contributed by atoms with Gasteiger partial charge in [0.05, 0.1) is 6.61 Å². The van der Waals surface area contributed by atoms with Crippen LogP contribution in [0.4, 0.5) is 10.5 Å². The van der Waals surface area contributed by atoms with E-state index in [1.165, 1.54) is 0 Å². The van der Waals surface area contributed by atoms with E-state index in [-0.39, 0.29) is 17.6 Å². The number of carbonyl (C=O) groups excluding carboxylic acids is 2. The summed E-state index contributed by atoms with van der Waals surface area (Å²) in [7, 11) is 0. The number of nitrogens with zero attached hydrogens (tertiary/aromatic N) is 2. The van der Waals surface area contributed by atoms with Crippen molar-refractivity contribution in [1.82, 2.24) is 4.90 Å². The lowest BCUT2D eigenvalue weighted by molar-refractivity contribution is -0.132. The maximum Gasteiger partial charge on any atom is 0.423 e. The zero-order valence-corrected chi connectivity index (χ0v) is 14.6. The molecule has 7 heteroatoms. The van der Waals surface area contributed by atoms with E-state index in [1.807, 2.05) is 31.2 Å². The first-order valence-electron chi connectivity index (χ1n) is 8.01. The highest BCUT2D eigenvalue weighted by molar-refractivity contribution is 7.80. The van der Waals surface area contributed by atoms with Gasteiger partial charge in [0.1, 0.15) is 5.54 Å². The first kappa shape index (κ1) is 16.9. The van der Waals surface area contributed by atoms with Crippen LogP contribution in [0.25, 0.3) is 0 Å². The van der Waals surface area contributed by atoms with Crippen LogP contribution in [0.15, 0.2) is 24.3 Å². The molecular weight excluding hydrogens is 328 g/mol.